The number of thioether (sulfide) groups is 1. The highest BCUT2D eigenvalue weighted by atomic mass is 32.2. The minimum Gasteiger partial charge on any atom is -0.468 e. The molecule has 0 spiro atoms. The van der Waals surface area contributed by atoms with Crippen LogP contribution in [0, 0.1) is 12.8 Å². The van der Waals surface area contributed by atoms with Crippen molar-refractivity contribution in [3.8, 4) is 0 Å². The summed E-state index contributed by atoms with van der Waals surface area (Å²) in [7, 11) is 0. The third-order valence-corrected chi connectivity index (χ3v) is 4.12. The lowest BCUT2D eigenvalue weighted by Gasteiger charge is -2.21. The van der Waals surface area contributed by atoms with E-state index in [4.69, 9.17) is 4.42 Å². The zero-order valence-corrected chi connectivity index (χ0v) is 9.40. The number of nitrogens with one attached hydrogen (secondary N) is 1. The lowest BCUT2D eigenvalue weighted by molar-refractivity contribution is 0.408. The third kappa shape index (κ3) is 2.55. The van der Waals surface area contributed by atoms with Gasteiger partial charge in [-0.1, -0.05) is 0 Å². The summed E-state index contributed by atoms with van der Waals surface area (Å²) in [6.07, 6.45) is 4.42. The molecule has 0 radical (unpaired) electrons. The van der Waals surface area contributed by atoms with E-state index in [1.807, 2.05) is 18.7 Å². The van der Waals surface area contributed by atoms with Crippen molar-refractivity contribution in [3.05, 3.63) is 18.1 Å². The second kappa shape index (κ2) is 4.89. The SMILES string of the molecule is Cc1occc1SCC1CCNCC1. The van der Waals surface area contributed by atoms with Crippen molar-refractivity contribution in [1.29, 1.82) is 0 Å². The lowest BCUT2D eigenvalue weighted by atomic mass is 10.0. The minimum absolute atomic E-state index is 0.885. The van der Waals surface area contributed by atoms with E-state index in [2.05, 4.69) is 11.4 Å². The highest BCUT2D eigenvalue weighted by Crippen LogP contribution is 2.27. The maximum Gasteiger partial charge on any atom is 0.114 e. The second-order valence-electron chi connectivity index (χ2n) is 3.85. The van der Waals surface area contributed by atoms with Crippen LogP contribution in [0.15, 0.2) is 21.6 Å². The van der Waals surface area contributed by atoms with Gasteiger partial charge in [-0.3, -0.25) is 0 Å². The first-order chi connectivity index (χ1) is 6.86. The average molecular weight is 211 g/mol. The summed E-state index contributed by atoms with van der Waals surface area (Å²) in [5.41, 5.74) is 0. The van der Waals surface area contributed by atoms with Gasteiger partial charge in [-0.15, -0.1) is 11.8 Å². The van der Waals surface area contributed by atoms with Gasteiger partial charge >= 0.3 is 0 Å². The Morgan fingerprint density at radius 3 is 2.93 bits per heavy atom. The van der Waals surface area contributed by atoms with Gasteiger partial charge in [0.05, 0.1) is 6.26 Å². The molecule has 0 saturated carbocycles. The predicted molar refractivity (Wildman–Crippen MR) is 59.8 cm³/mol. The molecule has 1 aromatic rings. The van der Waals surface area contributed by atoms with Gasteiger partial charge in [0.25, 0.3) is 0 Å². The summed E-state index contributed by atoms with van der Waals surface area (Å²) < 4.78 is 5.27. The molecule has 2 rings (SSSR count). The molecule has 1 saturated heterocycles. The molecule has 1 aromatic heterocycles. The normalized spacial score (nSPS) is 18.6. The van der Waals surface area contributed by atoms with Crippen molar-refractivity contribution >= 4 is 11.8 Å². The molecule has 2 nitrogen and oxygen atoms in total. The summed E-state index contributed by atoms with van der Waals surface area (Å²) in [6, 6.07) is 2.07. The molecule has 1 N–H and O–H groups in total. The van der Waals surface area contributed by atoms with E-state index in [1.54, 1.807) is 6.26 Å². The van der Waals surface area contributed by atoms with Crippen molar-refractivity contribution in [2.75, 3.05) is 18.8 Å². The lowest BCUT2D eigenvalue weighted by Crippen LogP contribution is -2.28. The number of aryl methyl sites for hydroxylation is 1. The van der Waals surface area contributed by atoms with Crippen LogP contribution in [0.3, 0.4) is 0 Å². The van der Waals surface area contributed by atoms with E-state index in [0.29, 0.717) is 0 Å². The van der Waals surface area contributed by atoms with Crippen LogP contribution in [0.5, 0.6) is 0 Å². The van der Waals surface area contributed by atoms with Gasteiger partial charge in [-0.05, 0) is 44.8 Å². The molecule has 0 aliphatic carbocycles. The summed E-state index contributed by atoms with van der Waals surface area (Å²) in [6.45, 7) is 4.41. The minimum atomic E-state index is 0.885. The van der Waals surface area contributed by atoms with E-state index >= 15 is 0 Å². The topological polar surface area (TPSA) is 25.2 Å². The zero-order chi connectivity index (χ0) is 9.80. The summed E-state index contributed by atoms with van der Waals surface area (Å²) in [4.78, 5) is 1.31. The number of hydrogen-bond acceptors (Lipinski definition) is 3. The van der Waals surface area contributed by atoms with Gasteiger partial charge in [0.15, 0.2) is 0 Å². The Morgan fingerprint density at radius 2 is 2.29 bits per heavy atom. The number of hydrogen-bond donors (Lipinski definition) is 1. The highest BCUT2D eigenvalue weighted by molar-refractivity contribution is 7.99. The van der Waals surface area contributed by atoms with Crippen LogP contribution in [0.1, 0.15) is 18.6 Å². The molecule has 1 aliphatic rings. The molecule has 1 fully saturated rings. The van der Waals surface area contributed by atoms with E-state index in [-0.39, 0.29) is 0 Å². The maximum absolute atomic E-state index is 5.27. The Balaban J connectivity index is 1.79. The number of piperidine rings is 1. The molecule has 0 amide bonds. The Hall–Kier alpha value is -0.410. The van der Waals surface area contributed by atoms with Crippen LogP contribution in [0.2, 0.25) is 0 Å². The average Bonchev–Trinajstić information content (AvgIpc) is 2.63. The molecule has 78 valence electrons. The molecular weight excluding hydrogens is 194 g/mol. The standard InChI is InChI=1S/C11H17NOS/c1-9-11(4-7-13-9)14-8-10-2-5-12-6-3-10/h4,7,10,12H,2-3,5-6,8H2,1H3. The predicted octanol–water partition coefficient (Wildman–Crippen LogP) is 2.68. The number of rotatable bonds is 3. The van der Waals surface area contributed by atoms with Gasteiger partial charge < -0.3 is 9.73 Å². The molecule has 0 atom stereocenters. The Morgan fingerprint density at radius 1 is 1.50 bits per heavy atom. The molecule has 2 heterocycles. The highest BCUT2D eigenvalue weighted by Gasteiger charge is 2.13. The first-order valence-electron chi connectivity index (χ1n) is 5.24. The van der Waals surface area contributed by atoms with Crippen LogP contribution in [-0.2, 0) is 0 Å². The van der Waals surface area contributed by atoms with Crippen LogP contribution in [0.4, 0.5) is 0 Å². The van der Waals surface area contributed by atoms with E-state index in [1.165, 1.54) is 36.6 Å². The van der Waals surface area contributed by atoms with Crippen molar-refractivity contribution in [2.45, 2.75) is 24.7 Å². The molecule has 0 aromatic carbocycles. The zero-order valence-electron chi connectivity index (χ0n) is 8.58. The molecule has 0 unspecified atom stereocenters. The number of furan rings is 1. The smallest absolute Gasteiger partial charge is 0.114 e. The van der Waals surface area contributed by atoms with Gasteiger partial charge in [0, 0.05) is 10.6 Å². The van der Waals surface area contributed by atoms with Crippen molar-refractivity contribution in [2.24, 2.45) is 5.92 Å². The first-order valence-corrected chi connectivity index (χ1v) is 6.22. The molecule has 0 bridgehead atoms. The summed E-state index contributed by atoms with van der Waals surface area (Å²) in [5, 5.41) is 3.39. The maximum atomic E-state index is 5.27. The van der Waals surface area contributed by atoms with Crippen molar-refractivity contribution < 1.29 is 4.42 Å². The van der Waals surface area contributed by atoms with Crippen LogP contribution < -0.4 is 5.32 Å². The fourth-order valence-electron chi connectivity index (χ4n) is 1.78. The van der Waals surface area contributed by atoms with E-state index in [9.17, 15) is 0 Å². The van der Waals surface area contributed by atoms with Crippen LogP contribution in [0.25, 0.3) is 0 Å². The molecule has 14 heavy (non-hydrogen) atoms. The van der Waals surface area contributed by atoms with Gasteiger partial charge in [-0.2, -0.15) is 0 Å². The van der Waals surface area contributed by atoms with Gasteiger partial charge in [0.1, 0.15) is 5.76 Å². The second-order valence-corrected chi connectivity index (χ2v) is 4.91. The molecular formula is C11H17NOS. The monoisotopic (exact) mass is 211 g/mol. The largest absolute Gasteiger partial charge is 0.468 e. The van der Waals surface area contributed by atoms with Gasteiger partial charge in [0.2, 0.25) is 0 Å². The fraction of sp³-hybridized carbons (Fsp3) is 0.636. The Bertz CT molecular complexity index is 279. The Labute approximate surface area is 89.4 Å². The van der Waals surface area contributed by atoms with Crippen molar-refractivity contribution in [3.63, 3.8) is 0 Å². The van der Waals surface area contributed by atoms with Crippen LogP contribution >= 0.6 is 11.8 Å². The van der Waals surface area contributed by atoms with E-state index < -0.39 is 0 Å². The Kier molecular flexibility index (Phi) is 3.54. The quantitative estimate of drug-likeness (QED) is 0.778. The molecule has 3 heteroatoms. The third-order valence-electron chi connectivity index (χ3n) is 2.74. The van der Waals surface area contributed by atoms with Gasteiger partial charge in [-0.25, -0.2) is 0 Å². The summed E-state index contributed by atoms with van der Waals surface area (Å²) >= 11 is 1.94. The van der Waals surface area contributed by atoms with Crippen molar-refractivity contribution in [1.82, 2.24) is 5.32 Å². The first kappa shape index (κ1) is 10.1. The molecule has 1 aliphatic heterocycles. The fourth-order valence-corrected chi connectivity index (χ4v) is 2.93. The summed E-state index contributed by atoms with van der Waals surface area (Å²) in [5.74, 6) is 3.18. The van der Waals surface area contributed by atoms with Crippen LogP contribution in [-0.4, -0.2) is 18.8 Å². The van der Waals surface area contributed by atoms with E-state index in [0.717, 1.165) is 11.7 Å².